The second kappa shape index (κ2) is 8.08. The molecule has 0 N–H and O–H groups in total. The first-order valence-electron chi connectivity index (χ1n) is 12.1. The molecule has 0 radical (unpaired) electrons. The number of piperidine rings is 1. The fourth-order valence-electron chi connectivity index (χ4n) is 5.77. The number of thiazole rings is 1. The van der Waals surface area contributed by atoms with Gasteiger partial charge in [0.05, 0.1) is 28.0 Å². The van der Waals surface area contributed by atoms with Gasteiger partial charge >= 0.3 is 0 Å². The van der Waals surface area contributed by atoms with Gasteiger partial charge in [0, 0.05) is 35.5 Å². The largest absolute Gasteiger partial charge is 0.373 e. The van der Waals surface area contributed by atoms with E-state index in [1.807, 2.05) is 12.1 Å². The van der Waals surface area contributed by atoms with Crippen molar-refractivity contribution in [1.29, 1.82) is 0 Å². The van der Waals surface area contributed by atoms with E-state index in [-0.39, 0.29) is 6.10 Å². The van der Waals surface area contributed by atoms with E-state index >= 15 is 0 Å². The summed E-state index contributed by atoms with van der Waals surface area (Å²) in [5.74, 6) is 2.00. The van der Waals surface area contributed by atoms with Gasteiger partial charge in [-0.3, -0.25) is 0 Å². The molecule has 3 atom stereocenters. The predicted octanol–water partition coefficient (Wildman–Crippen LogP) is 6.97. The van der Waals surface area contributed by atoms with Gasteiger partial charge in [-0.25, -0.2) is 4.98 Å². The van der Waals surface area contributed by atoms with E-state index in [9.17, 15) is 0 Å². The van der Waals surface area contributed by atoms with Crippen LogP contribution in [0, 0.1) is 12.8 Å². The van der Waals surface area contributed by atoms with Crippen molar-refractivity contribution in [3.63, 3.8) is 0 Å². The molecule has 3 aliphatic rings. The summed E-state index contributed by atoms with van der Waals surface area (Å²) in [5, 5.41) is 6.34. The number of aromatic nitrogens is 2. The van der Waals surface area contributed by atoms with Crippen LogP contribution in [0.2, 0.25) is 5.02 Å². The predicted molar refractivity (Wildman–Crippen MR) is 136 cm³/mol. The molecule has 1 aliphatic heterocycles. The molecule has 7 heteroatoms. The minimum Gasteiger partial charge on any atom is -0.373 e. The van der Waals surface area contributed by atoms with Gasteiger partial charge in [-0.1, -0.05) is 52.4 Å². The number of para-hydroxylation sites is 1. The number of anilines is 1. The highest BCUT2D eigenvalue weighted by Gasteiger charge is 2.46. The molecule has 2 aromatic heterocycles. The number of nitrogens with zero attached hydrogens (tertiary/aromatic N) is 3. The van der Waals surface area contributed by atoms with Gasteiger partial charge in [0.25, 0.3) is 0 Å². The van der Waals surface area contributed by atoms with Crippen molar-refractivity contribution in [2.45, 2.75) is 57.3 Å². The van der Waals surface area contributed by atoms with Crippen molar-refractivity contribution in [2.24, 2.45) is 5.92 Å². The Bertz CT molecular complexity index is 1320. The standard InChI is InChI=1S/C27H26ClN3O2S/c1-15-5-4-6-20(28)24(15)25-19(26(33-30-25)16-9-10-16)14-32-22-12-18-11-17(22)13-31(18)27-29-21-7-2-3-8-23(21)34-27/h2-8,16-18,22H,9-14H2,1H3/t17-,18-,22?/m0/s1. The van der Waals surface area contributed by atoms with Gasteiger partial charge in [0.15, 0.2) is 5.13 Å². The maximum Gasteiger partial charge on any atom is 0.186 e. The Morgan fingerprint density at radius 1 is 1.15 bits per heavy atom. The van der Waals surface area contributed by atoms with Crippen LogP contribution in [0.5, 0.6) is 0 Å². The van der Waals surface area contributed by atoms with Crippen molar-refractivity contribution >= 4 is 38.3 Å². The van der Waals surface area contributed by atoms with E-state index in [4.69, 9.17) is 25.8 Å². The Balaban J connectivity index is 1.10. The average molecular weight is 492 g/mol. The van der Waals surface area contributed by atoms with Crippen molar-refractivity contribution in [1.82, 2.24) is 10.1 Å². The van der Waals surface area contributed by atoms with Crippen LogP contribution < -0.4 is 4.90 Å². The highest BCUT2D eigenvalue weighted by Crippen LogP contribution is 2.47. The van der Waals surface area contributed by atoms with Crippen LogP contribution in [-0.4, -0.2) is 28.8 Å². The van der Waals surface area contributed by atoms with Crippen LogP contribution in [0.1, 0.15) is 48.5 Å². The lowest BCUT2D eigenvalue weighted by atomic mass is 10.00. The summed E-state index contributed by atoms with van der Waals surface area (Å²) in [6.07, 6.45) is 4.81. The number of fused-ring (bicyclic) bond motifs is 3. The van der Waals surface area contributed by atoms with Crippen molar-refractivity contribution in [3.8, 4) is 11.3 Å². The van der Waals surface area contributed by atoms with E-state index in [0.717, 1.165) is 64.6 Å². The van der Waals surface area contributed by atoms with E-state index in [2.05, 4.69) is 47.3 Å². The van der Waals surface area contributed by atoms with Crippen molar-refractivity contribution in [2.75, 3.05) is 11.4 Å². The molecule has 7 rings (SSSR count). The molecule has 2 saturated carbocycles. The molecule has 5 nitrogen and oxygen atoms in total. The molecule has 0 amide bonds. The Morgan fingerprint density at radius 3 is 2.79 bits per heavy atom. The van der Waals surface area contributed by atoms with Crippen molar-refractivity contribution < 1.29 is 9.26 Å². The summed E-state index contributed by atoms with van der Waals surface area (Å²) in [4.78, 5) is 7.40. The number of benzene rings is 2. The van der Waals surface area contributed by atoms with Crippen LogP contribution in [0.4, 0.5) is 5.13 Å². The molecule has 0 spiro atoms. The number of hydrogen-bond acceptors (Lipinski definition) is 6. The first-order chi connectivity index (χ1) is 16.7. The molecular formula is C27H26ClN3O2S. The third-order valence-electron chi connectivity index (χ3n) is 7.67. The molecule has 2 aromatic carbocycles. The zero-order chi connectivity index (χ0) is 22.8. The number of ether oxygens (including phenoxy) is 1. The number of halogens is 1. The Kier molecular flexibility index (Phi) is 4.97. The molecular weight excluding hydrogens is 466 g/mol. The molecule has 4 aromatic rings. The Hall–Kier alpha value is -2.41. The summed E-state index contributed by atoms with van der Waals surface area (Å²) in [5.41, 5.74) is 5.11. The lowest BCUT2D eigenvalue weighted by molar-refractivity contribution is 0.0122. The van der Waals surface area contributed by atoms with Gasteiger partial charge in [-0.15, -0.1) is 0 Å². The summed E-state index contributed by atoms with van der Waals surface area (Å²) < 4.78 is 13.7. The van der Waals surface area contributed by atoms with Gasteiger partial charge in [-0.05, 0) is 56.4 Å². The fraction of sp³-hybridized carbons (Fsp3) is 0.407. The minimum absolute atomic E-state index is 0.262. The van der Waals surface area contributed by atoms with Crippen LogP contribution in [0.3, 0.4) is 0 Å². The van der Waals surface area contributed by atoms with Crippen LogP contribution in [-0.2, 0) is 11.3 Å². The van der Waals surface area contributed by atoms with Gasteiger partial charge in [-0.2, -0.15) is 0 Å². The van der Waals surface area contributed by atoms with E-state index in [1.54, 1.807) is 11.3 Å². The Morgan fingerprint density at radius 2 is 2.03 bits per heavy atom. The van der Waals surface area contributed by atoms with Gasteiger partial charge < -0.3 is 14.2 Å². The number of rotatable bonds is 6. The zero-order valence-electron chi connectivity index (χ0n) is 19.0. The van der Waals surface area contributed by atoms with Crippen LogP contribution in [0.15, 0.2) is 47.0 Å². The van der Waals surface area contributed by atoms with Crippen LogP contribution >= 0.6 is 22.9 Å². The summed E-state index contributed by atoms with van der Waals surface area (Å²) in [6, 6.07) is 14.9. The quantitative estimate of drug-likeness (QED) is 0.291. The first kappa shape index (κ1) is 20.9. The van der Waals surface area contributed by atoms with Gasteiger partial charge in [0.2, 0.25) is 0 Å². The maximum atomic E-state index is 6.60. The highest BCUT2D eigenvalue weighted by atomic mass is 35.5. The number of aryl methyl sites for hydroxylation is 1. The third-order valence-corrected chi connectivity index (χ3v) is 9.06. The molecule has 174 valence electrons. The third kappa shape index (κ3) is 3.46. The van der Waals surface area contributed by atoms with E-state index in [0.29, 0.717) is 29.5 Å². The maximum absolute atomic E-state index is 6.60. The smallest absolute Gasteiger partial charge is 0.186 e. The lowest BCUT2D eigenvalue weighted by Gasteiger charge is -2.31. The van der Waals surface area contributed by atoms with E-state index < -0.39 is 0 Å². The monoisotopic (exact) mass is 491 g/mol. The summed E-state index contributed by atoms with van der Waals surface area (Å²) >= 11 is 8.39. The summed E-state index contributed by atoms with van der Waals surface area (Å²) in [7, 11) is 0. The van der Waals surface area contributed by atoms with Crippen molar-refractivity contribution in [3.05, 3.63) is 64.4 Å². The Labute approximate surface area is 207 Å². The molecule has 3 fully saturated rings. The van der Waals surface area contributed by atoms with Gasteiger partial charge in [0.1, 0.15) is 11.5 Å². The lowest BCUT2D eigenvalue weighted by Crippen LogP contribution is -2.38. The molecule has 2 bridgehead atoms. The SMILES string of the molecule is Cc1cccc(Cl)c1-c1noc(C2CC2)c1COC1C[C@@H]2C[C@H]1CN2c1nc2ccccc2s1. The second-order valence-corrected chi connectivity index (χ2v) is 11.3. The second-order valence-electron chi connectivity index (χ2n) is 9.93. The van der Waals surface area contributed by atoms with Crippen LogP contribution in [0.25, 0.3) is 21.5 Å². The highest BCUT2D eigenvalue weighted by molar-refractivity contribution is 7.22. The molecule has 1 unspecified atom stereocenters. The number of hydrogen-bond donors (Lipinski definition) is 0. The molecule has 34 heavy (non-hydrogen) atoms. The average Bonchev–Trinajstić information content (AvgIpc) is 3.17. The summed E-state index contributed by atoms with van der Waals surface area (Å²) in [6.45, 7) is 3.62. The molecule has 1 saturated heterocycles. The normalized spacial score (nSPS) is 23.9. The zero-order valence-corrected chi connectivity index (χ0v) is 20.6. The first-order valence-corrected chi connectivity index (χ1v) is 13.3. The topological polar surface area (TPSA) is 51.4 Å². The van der Waals surface area contributed by atoms with E-state index in [1.165, 1.54) is 11.1 Å². The molecule has 3 heterocycles. The minimum atomic E-state index is 0.262. The fourth-order valence-corrected chi connectivity index (χ4v) is 7.13. The molecule has 2 aliphatic carbocycles.